The second-order valence-electron chi connectivity index (χ2n) is 3.19. The number of benzene rings is 1. The van der Waals surface area contributed by atoms with E-state index in [1.54, 1.807) is 0 Å². The number of hydrogen-bond acceptors (Lipinski definition) is 3. The van der Waals surface area contributed by atoms with Gasteiger partial charge in [0.05, 0.1) is 5.69 Å². The molecule has 0 fully saturated rings. The minimum absolute atomic E-state index is 0.0389. The third kappa shape index (κ3) is 3.45. The van der Waals surface area contributed by atoms with Gasteiger partial charge in [-0.25, -0.2) is 8.78 Å². The Morgan fingerprint density at radius 1 is 1.59 bits per heavy atom. The zero-order chi connectivity index (χ0) is 13.0. The Hall–Kier alpha value is -1.05. The molecule has 0 spiro atoms. The summed E-state index contributed by atoms with van der Waals surface area (Å²) in [4.78, 5) is 11.6. The number of ether oxygens (including phenoxy) is 1. The van der Waals surface area contributed by atoms with E-state index in [1.807, 2.05) is 0 Å². The third-order valence-corrected chi connectivity index (χ3v) is 2.67. The van der Waals surface area contributed by atoms with Gasteiger partial charge in [-0.3, -0.25) is 4.79 Å². The standard InChI is InChI=1S/C10H11BrF2N2O2/c1-17-8(4-14)10(16)15-9-6(11)2-5(12)3-7(9)13/h2-3,8H,4,14H2,1H3,(H,15,16). The van der Waals surface area contributed by atoms with E-state index in [9.17, 15) is 13.6 Å². The van der Waals surface area contributed by atoms with Crippen molar-refractivity contribution in [3.63, 3.8) is 0 Å². The Kier molecular flexibility index (Phi) is 4.98. The summed E-state index contributed by atoms with van der Waals surface area (Å²) in [5.74, 6) is -2.22. The lowest BCUT2D eigenvalue weighted by atomic mass is 10.2. The van der Waals surface area contributed by atoms with Gasteiger partial charge < -0.3 is 15.8 Å². The van der Waals surface area contributed by atoms with Crippen molar-refractivity contribution in [2.75, 3.05) is 19.0 Å². The van der Waals surface area contributed by atoms with E-state index in [0.29, 0.717) is 6.07 Å². The lowest BCUT2D eigenvalue weighted by Gasteiger charge is -2.14. The van der Waals surface area contributed by atoms with E-state index < -0.39 is 23.6 Å². The largest absolute Gasteiger partial charge is 0.370 e. The first-order valence-electron chi connectivity index (χ1n) is 4.67. The second-order valence-corrected chi connectivity index (χ2v) is 4.05. The van der Waals surface area contributed by atoms with Crippen LogP contribution in [0.1, 0.15) is 0 Å². The van der Waals surface area contributed by atoms with Gasteiger partial charge in [0.25, 0.3) is 5.91 Å². The maximum Gasteiger partial charge on any atom is 0.254 e. The minimum Gasteiger partial charge on any atom is -0.370 e. The Morgan fingerprint density at radius 2 is 2.24 bits per heavy atom. The van der Waals surface area contributed by atoms with Crippen molar-refractivity contribution in [3.05, 3.63) is 28.2 Å². The predicted octanol–water partition coefficient (Wildman–Crippen LogP) is 1.64. The van der Waals surface area contributed by atoms with E-state index in [2.05, 4.69) is 21.2 Å². The normalized spacial score (nSPS) is 12.3. The molecule has 4 nitrogen and oxygen atoms in total. The summed E-state index contributed by atoms with van der Waals surface area (Å²) < 4.78 is 31.1. The molecule has 1 unspecified atom stereocenters. The van der Waals surface area contributed by atoms with Crippen molar-refractivity contribution in [2.24, 2.45) is 5.73 Å². The molecule has 17 heavy (non-hydrogen) atoms. The van der Waals surface area contributed by atoms with Gasteiger partial charge in [0.1, 0.15) is 11.9 Å². The molecule has 94 valence electrons. The number of nitrogens with two attached hydrogens (primary N) is 1. The van der Waals surface area contributed by atoms with E-state index >= 15 is 0 Å². The van der Waals surface area contributed by atoms with Crippen LogP contribution in [0.3, 0.4) is 0 Å². The summed E-state index contributed by atoms with van der Waals surface area (Å²) in [5.41, 5.74) is 5.14. The number of carbonyl (C=O) groups excluding carboxylic acids is 1. The molecule has 0 radical (unpaired) electrons. The first-order valence-corrected chi connectivity index (χ1v) is 5.47. The average molecular weight is 309 g/mol. The number of rotatable bonds is 4. The van der Waals surface area contributed by atoms with Crippen LogP contribution in [0.4, 0.5) is 14.5 Å². The fourth-order valence-corrected chi connectivity index (χ4v) is 1.68. The summed E-state index contributed by atoms with van der Waals surface area (Å²) >= 11 is 2.95. The van der Waals surface area contributed by atoms with Gasteiger partial charge in [0.2, 0.25) is 0 Å². The van der Waals surface area contributed by atoms with Crippen LogP contribution in [0.25, 0.3) is 0 Å². The molecule has 0 aliphatic heterocycles. The fraction of sp³-hybridized carbons (Fsp3) is 0.300. The molecule has 1 aromatic rings. The third-order valence-electron chi connectivity index (χ3n) is 2.05. The van der Waals surface area contributed by atoms with Crippen LogP contribution in [0.5, 0.6) is 0 Å². The van der Waals surface area contributed by atoms with Gasteiger partial charge in [-0.2, -0.15) is 0 Å². The highest BCUT2D eigenvalue weighted by atomic mass is 79.9. The zero-order valence-corrected chi connectivity index (χ0v) is 10.6. The lowest BCUT2D eigenvalue weighted by Crippen LogP contribution is -2.36. The van der Waals surface area contributed by atoms with Crippen molar-refractivity contribution in [1.29, 1.82) is 0 Å². The first kappa shape index (κ1) is 14.0. The monoisotopic (exact) mass is 308 g/mol. The smallest absolute Gasteiger partial charge is 0.254 e. The molecule has 0 aliphatic carbocycles. The number of methoxy groups -OCH3 is 1. The quantitative estimate of drug-likeness (QED) is 0.889. The number of anilines is 1. The summed E-state index contributed by atoms with van der Waals surface area (Å²) in [5, 5.41) is 2.28. The fourth-order valence-electron chi connectivity index (χ4n) is 1.18. The van der Waals surface area contributed by atoms with Crippen LogP contribution < -0.4 is 11.1 Å². The van der Waals surface area contributed by atoms with Crippen LogP contribution in [0, 0.1) is 11.6 Å². The summed E-state index contributed by atoms with van der Waals surface area (Å²) in [7, 11) is 1.31. The predicted molar refractivity (Wildman–Crippen MR) is 62.5 cm³/mol. The van der Waals surface area contributed by atoms with Crippen LogP contribution in [0.2, 0.25) is 0 Å². The summed E-state index contributed by atoms with van der Waals surface area (Å²) in [6.07, 6.45) is -0.883. The van der Waals surface area contributed by atoms with Gasteiger partial charge in [0, 0.05) is 24.2 Å². The van der Waals surface area contributed by atoms with Crippen LogP contribution in [-0.2, 0) is 9.53 Å². The molecule has 0 aromatic heterocycles. The second kappa shape index (κ2) is 6.04. The lowest BCUT2D eigenvalue weighted by molar-refractivity contribution is -0.125. The first-order chi connectivity index (χ1) is 7.99. The molecule has 0 heterocycles. The molecule has 0 saturated heterocycles. The van der Waals surface area contributed by atoms with E-state index in [4.69, 9.17) is 10.5 Å². The molecular formula is C10H11BrF2N2O2. The van der Waals surface area contributed by atoms with Crippen LogP contribution in [-0.4, -0.2) is 25.7 Å². The Balaban J connectivity index is 2.92. The van der Waals surface area contributed by atoms with Crippen molar-refractivity contribution in [1.82, 2.24) is 0 Å². The molecular weight excluding hydrogens is 298 g/mol. The number of carbonyl (C=O) groups is 1. The van der Waals surface area contributed by atoms with E-state index in [-0.39, 0.29) is 16.7 Å². The number of hydrogen-bond donors (Lipinski definition) is 2. The number of halogens is 3. The average Bonchev–Trinajstić information content (AvgIpc) is 2.25. The Labute approximate surface area is 105 Å². The van der Waals surface area contributed by atoms with E-state index in [0.717, 1.165) is 6.07 Å². The van der Waals surface area contributed by atoms with Crippen molar-refractivity contribution >= 4 is 27.5 Å². The minimum atomic E-state index is -0.883. The highest BCUT2D eigenvalue weighted by Gasteiger charge is 2.19. The topological polar surface area (TPSA) is 64.3 Å². The molecule has 1 atom stereocenters. The molecule has 0 bridgehead atoms. The van der Waals surface area contributed by atoms with Crippen LogP contribution in [0.15, 0.2) is 16.6 Å². The molecule has 0 saturated carbocycles. The highest BCUT2D eigenvalue weighted by molar-refractivity contribution is 9.10. The van der Waals surface area contributed by atoms with Crippen LogP contribution >= 0.6 is 15.9 Å². The molecule has 0 aliphatic rings. The van der Waals surface area contributed by atoms with E-state index in [1.165, 1.54) is 7.11 Å². The molecule has 7 heteroatoms. The number of amides is 1. The zero-order valence-electron chi connectivity index (χ0n) is 8.97. The van der Waals surface area contributed by atoms with Crippen molar-refractivity contribution in [2.45, 2.75) is 6.10 Å². The van der Waals surface area contributed by atoms with Gasteiger partial charge in [-0.05, 0) is 22.0 Å². The highest BCUT2D eigenvalue weighted by Crippen LogP contribution is 2.26. The maximum atomic E-state index is 13.4. The summed E-state index contributed by atoms with van der Waals surface area (Å²) in [6, 6.07) is 1.72. The SMILES string of the molecule is COC(CN)C(=O)Nc1c(F)cc(F)cc1Br. The molecule has 1 amide bonds. The van der Waals surface area contributed by atoms with Crippen molar-refractivity contribution < 1.29 is 18.3 Å². The maximum absolute atomic E-state index is 13.4. The molecule has 1 aromatic carbocycles. The van der Waals surface area contributed by atoms with Gasteiger partial charge in [-0.1, -0.05) is 0 Å². The molecule has 3 N–H and O–H groups in total. The van der Waals surface area contributed by atoms with Gasteiger partial charge in [-0.15, -0.1) is 0 Å². The van der Waals surface area contributed by atoms with Crippen molar-refractivity contribution in [3.8, 4) is 0 Å². The Morgan fingerprint density at radius 3 is 2.71 bits per heavy atom. The van der Waals surface area contributed by atoms with Gasteiger partial charge in [0.15, 0.2) is 5.82 Å². The number of nitrogens with one attached hydrogen (secondary N) is 1. The Bertz CT molecular complexity index is 402. The van der Waals surface area contributed by atoms with Gasteiger partial charge >= 0.3 is 0 Å². The molecule has 1 rings (SSSR count). The summed E-state index contributed by atoms with van der Waals surface area (Å²) in [6.45, 7) is -0.0389.